The molecule has 0 radical (unpaired) electrons. The quantitative estimate of drug-likeness (QED) is 0.742. The predicted molar refractivity (Wildman–Crippen MR) is 65.3 cm³/mol. The van der Waals surface area contributed by atoms with E-state index in [1.165, 1.54) is 0 Å². The van der Waals surface area contributed by atoms with Crippen LogP contribution in [0.2, 0.25) is 0 Å². The molecule has 0 aliphatic carbocycles. The SMILES string of the molecule is CCCS(=O)CCC.CN1CCCC1=O. The molecule has 1 saturated heterocycles. The van der Waals surface area contributed by atoms with Gasteiger partial charge in [-0.15, -0.1) is 0 Å². The second-order valence-electron chi connectivity index (χ2n) is 3.77. The van der Waals surface area contributed by atoms with Crippen LogP contribution in [0.5, 0.6) is 0 Å². The first kappa shape index (κ1) is 14.6. The Labute approximate surface area is 95.7 Å². The fourth-order valence-corrected chi connectivity index (χ4v) is 2.46. The summed E-state index contributed by atoms with van der Waals surface area (Å²) in [4.78, 5) is 12.3. The molecule has 0 aromatic carbocycles. The summed E-state index contributed by atoms with van der Waals surface area (Å²) in [6.07, 6.45) is 3.91. The third-order valence-electron chi connectivity index (χ3n) is 2.17. The summed E-state index contributed by atoms with van der Waals surface area (Å²) in [6, 6.07) is 0. The number of likely N-dealkylation sites (tertiary alicyclic amines) is 1. The number of hydrogen-bond acceptors (Lipinski definition) is 2. The van der Waals surface area contributed by atoms with Crippen LogP contribution in [0.15, 0.2) is 0 Å². The van der Waals surface area contributed by atoms with Crippen LogP contribution >= 0.6 is 0 Å². The molecule has 0 unspecified atom stereocenters. The lowest BCUT2D eigenvalue weighted by Gasteiger charge is -2.03. The molecule has 1 fully saturated rings. The molecule has 0 saturated carbocycles. The summed E-state index contributed by atoms with van der Waals surface area (Å²) in [5, 5.41) is 0. The van der Waals surface area contributed by atoms with Crippen LogP contribution in [0.3, 0.4) is 0 Å². The zero-order valence-corrected chi connectivity index (χ0v) is 10.9. The van der Waals surface area contributed by atoms with Gasteiger partial charge < -0.3 is 4.90 Å². The van der Waals surface area contributed by atoms with Gasteiger partial charge in [-0.2, -0.15) is 0 Å². The van der Waals surface area contributed by atoms with Crippen molar-refractivity contribution in [2.24, 2.45) is 0 Å². The normalized spacial score (nSPS) is 15.5. The molecule has 15 heavy (non-hydrogen) atoms. The Morgan fingerprint density at radius 2 is 1.80 bits per heavy atom. The molecule has 1 aliphatic heterocycles. The first-order valence-corrected chi connectivity index (χ1v) is 7.19. The lowest BCUT2D eigenvalue weighted by Crippen LogP contribution is -2.17. The molecule has 3 nitrogen and oxygen atoms in total. The van der Waals surface area contributed by atoms with E-state index in [0.717, 1.165) is 43.7 Å². The maximum absolute atomic E-state index is 10.8. The van der Waals surface area contributed by atoms with Gasteiger partial charge in [-0.25, -0.2) is 0 Å². The van der Waals surface area contributed by atoms with E-state index < -0.39 is 10.8 Å². The Morgan fingerprint density at radius 1 is 1.27 bits per heavy atom. The first-order chi connectivity index (χ1) is 7.11. The molecule has 0 spiro atoms. The lowest BCUT2D eigenvalue weighted by atomic mass is 10.4. The van der Waals surface area contributed by atoms with E-state index in [9.17, 15) is 9.00 Å². The zero-order chi connectivity index (χ0) is 11.7. The molecule has 1 amide bonds. The summed E-state index contributed by atoms with van der Waals surface area (Å²) in [7, 11) is 1.32. The van der Waals surface area contributed by atoms with Crippen LogP contribution in [0.4, 0.5) is 0 Å². The van der Waals surface area contributed by atoms with Crippen molar-refractivity contribution in [1.29, 1.82) is 0 Å². The highest BCUT2D eigenvalue weighted by Crippen LogP contribution is 2.04. The minimum atomic E-state index is -0.520. The van der Waals surface area contributed by atoms with Crippen molar-refractivity contribution in [1.82, 2.24) is 4.90 Å². The van der Waals surface area contributed by atoms with Crippen LogP contribution < -0.4 is 0 Å². The fraction of sp³-hybridized carbons (Fsp3) is 0.909. The number of carbonyl (C=O) groups excluding carboxylic acids is 1. The van der Waals surface area contributed by atoms with Gasteiger partial charge in [0.25, 0.3) is 0 Å². The Hall–Kier alpha value is -0.380. The largest absolute Gasteiger partial charge is 0.346 e. The standard InChI is InChI=1S/C6H14OS.C5H9NO/c1-3-5-8(7)6-4-2;1-6-4-2-3-5(6)7/h3-6H2,1-2H3;2-4H2,1H3. The molecule has 1 heterocycles. The third kappa shape index (κ3) is 7.54. The smallest absolute Gasteiger partial charge is 0.222 e. The van der Waals surface area contributed by atoms with Gasteiger partial charge in [0.05, 0.1) is 0 Å². The van der Waals surface area contributed by atoms with E-state index in [1.54, 1.807) is 4.90 Å². The van der Waals surface area contributed by atoms with Crippen molar-refractivity contribution in [3.63, 3.8) is 0 Å². The predicted octanol–water partition coefficient (Wildman–Crippen LogP) is 1.79. The third-order valence-corrected chi connectivity index (χ3v) is 3.90. The Kier molecular flexibility index (Phi) is 8.67. The molecule has 0 aromatic heterocycles. The van der Waals surface area contributed by atoms with Crippen LogP contribution in [0, 0.1) is 0 Å². The summed E-state index contributed by atoms with van der Waals surface area (Å²) in [6.45, 7) is 5.08. The van der Waals surface area contributed by atoms with Crippen molar-refractivity contribution in [2.75, 3.05) is 25.1 Å². The molecule has 4 heteroatoms. The summed E-state index contributed by atoms with van der Waals surface area (Å²) < 4.78 is 10.8. The number of carbonyl (C=O) groups is 1. The lowest BCUT2D eigenvalue weighted by molar-refractivity contribution is -0.126. The average molecular weight is 233 g/mol. The van der Waals surface area contributed by atoms with E-state index in [4.69, 9.17) is 0 Å². The van der Waals surface area contributed by atoms with E-state index in [2.05, 4.69) is 13.8 Å². The second kappa shape index (κ2) is 8.89. The molecule has 90 valence electrons. The Bertz CT molecular complexity index is 199. The molecule has 0 bridgehead atoms. The summed E-state index contributed by atoms with van der Waals surface area (Å²) in [5.74, 6) is 2.06. The maximum Gasteiger partial charge on any atom is 0.222 e. The fourth-order valence-electron chi connectivity index (χ4n) is 1.34. The molecule has 0 N–H and O–H groups in total. The van der Waals surface area contributed by atoms with Gasteiger partial charge >= 0.3 is 0 Å². The van der Waals surface area contributed by atoms with E-state index in [1.807, 2.05) is 7.05 Å². The van der Waals surface area contributed by atoms with Gasteiger partial charge in [-0.1, -0.05) is 13.8 Å². The monoisotopic (exact) mass is 233 g/mol. The topological polar surface area (TPSA) is 37.4 Å². The second-order valence-corrected chi connectivity index (χ2v) is 5.46. The van der Waals surface area contributed by atoms with Crippen LogP contribution in [0.1, 0.15) is 39.5 Å². The average Bonchev–Trinajstić information content (AvgIpc) is 2.53. The number of nitrogens with zero attached hydrogens (tertiary/aromatic N) is 1. The molecule has 1 rings (SSSR count). The van der Waals surface area contributed by atoms with Gasteiger partial charge in [-0.3, -0.25) is 9.00 Å². The molecular formula is C11H23NO2S. The van der Waals surface area contributed by atoms with Crippen molar-refractivity contribution in [2.45, 2.75) is 39.5 Å². The highest BCUT2D eigenvalue weighted by atomic mass is 32.2. The summed E-state index contributed by atoms with van der Waals surface area (Å²) in [5.41, 5.74) is 0. The minimum Gasteiger partial charge on any atom is -0.346 e. The first-order valence-electron chi connectivity index (χ1n) is 5.70. The van der Waals surface area contributed by atoms with Crippen molar-refractivity contribution in [3.05, 3.63) is 0 Å². The van der Waals surface area contributed by atoms with E-state index in [-0.39, 0.29) is 0 Å². The molecular weight excluding hydrogens is 210 g/mol. The highest BCUT2D eigenvalue weighted by Gasteiger charge is 2.14. The maximum atomic E-state index is 10.8. The molecule has 0 aromatic rings. The summed E-state index contributed by atoms with van der Waals surface area (Å²) >= 11 is 0. The van der Waals surface area contributed by atoms with Gasteiger partial charge in [0.2, 0.25) is 5.91 Å². The van der Waals surface area contributed by atoms with Crippen molar-refractivity contribution >= 4 is 16.7 Å². The Balaban J connectivity index is 0.000000262. The van der Waals surface area contributed by atoms with Crippen molar-refractivity contribution in [3.8, 4) is 0 Å². The highest BCUT2D eigenvalue weighted by molar-refractivity contribution is 7.84. The van der Waals surface area contributed by atoms with E-state index in [0.29, 0.717) is 5.91 Å². The van der Waals surface area contributed by atoms with Crippen LogP contribution in [-0.2, 0) is 15.6 Å². The zero-order valence-electron chi connectivity index (χ0n) is 10.1. The molecule has 0 atom stereocenters. The van der Waals surface area contributed by atoms with Crippen LogP contribution in [0.25, 0.3) is 0 Å². The van der Waals surface area contributed by atoms with Gasteiger partial charge in [0, 0.05) is 42.3 Å². The Morgan fingerprint density at radius 3 is 2.00 bits per heavy atom. The molecule has 1 aliphatic rings. The van der Waals surface area contributed by atoms with Gasteiger partial charge in [-0.05, 0) is 19.3 Å². The van der Waals surface area contributed by atoms with Gasteiger partial charge in [0.1, 0.15) is 0 Å². The minimum absolute atomic E-state index is 0.292. The number of rotatable bonds is 4. The van der Waals surface area contributed by atoms with Gasteiger partial charge in [0.15, 0.2) is 0 Å². The van der Waals surface area contributed by atoms with Crippen molar-refractivity contribution < 1.29 is 9.00 Å². The van der Waals surface area contributed by atoms with Crippen LogP contribution in [-0.4, -0.2) is 40.1 Å². The number of amides is 1. The van der Waals surface area contributed by atoms with E-state index >= 15 is 0 Å². The number of hydrogen-bond donors (Lipinski definition) is 0.